The average molecular weight is 280 g/mol. The number of rotatable bonds is 1. The van der Waals surface area contributed by atoms with Crippen LogP contribution in [-0.2, 0) is 9.59 Å². The van der Waals surface area contributed by atoms with Gasteiger partial charge in [-0.2, -0.15) is 0 Å². The van der Waals surface area contributed by atoms with Crippen LogP contribution in [0.2, 0.25) is 0 Å². The summed E-state index contributed by atoms with van der Waals surface area (Å²) in [6, 6.07) is 5.67. The van der Waals surface area contributed by atoms with Crippen molar-refractivity contribution in [2.75, 3.05) is 4.90 Å². The fourth-order valence-electron chi connectivity index (χ4n) is 1.81. The Bertz CT molecular complexity index is 500. The number of aryl methyl sites for hydroxylation is 2. The van der Waals surface area contributed by atoms with E-state index in [-0.39, 0.29) is 11.8 Å². The zero-order valence-electron chi connectivity index (χ0n) is 8.95. The van der Waals surface area contributed by atoms with Gasteiger partial charge in [0.15, 0.2) is 0 Å². The fraction of sp³-hybridized carbons (Fsp3) is 0.167. The Kier molecular flexibility index (Phi) is 2.68. The maximum atomic E-state index is 11.8. The van der Waals surface area contributed by atoms with Gasteiger partial charge in [0.1, 0.15) is 0 Å². The summed E-state index contributed by atoms with van der Waals surface area (Å²) in [6.07, 6.45) is 1.30. The number of halogens is 1. The molecule has 0 N–H and O–H groups in total. The van der Waals surface area contributed by atoms with Crippen LogP contribution in [0.1, 0.15) is 11.1 Å². The molecule has 0 atom stereocenters. The first-order valence-corrected chi connectivity index (χ1v) is 5.63. The summed E-state index contributed by atoms with van der Waals surface area (Å²) in [5.74, 6) is -0.600. The molecule has 0 spiro atoms. The Labute approximate surface area is 102 Å². The van der Waals surface area contributed by atoms with Crippen molar-refractivity contribution in [3.05, 3.63) is 39.9 Å². The van der Waals surface area contributed by atoms with E-state index in [1.54, 1.807) is 0 Å². The van der Waals surface area contributed by atoms with Crippen LogP contribution in [-0.4, -0.2) is 11.8 Å². The lowest BCUT2D eigenvalue weighted by Crippen LogP contribution is -2.31. The van der Waals surface area contributed by atoms with Crippen molar-refractivity contribution >= 4 is 33.4 Å². The smallest absolute Gasteiger partial charge is 0.269 e. The second kappa shape index (κ2) is 3.87. The van der Waals surface area contributed by atoms with Gasteiger partial charge in [-0.3, -0.25) is 9.59 Å². The Morgan fingerprint density at radius 2 is 1.69 bits per heavy atom. The Hall–Kier alpha value is -1.42. The lowest BCUT2D eigenvalue weighted by molar-refractivity contribution is -0.120. The van der Waals surface area contributed by atoms with Crippen molar-refractivity contribution in [3.8, 4) is 0 Å². The van der Waals surface area contributed by atoms with E-state index in [0.29, 0.717) is 10.2 Å². The van der Waals surface area contributed by atoms with Crippen LogP contribution in [0.25, 0.3) is 0 Å². The molecule has 0 unspecified atom stereocenters. The maximum absolute atomic E-state index is 11.8. The number of benzene rings is 1. The normalized spacial score (nSPS) is 15.7. The molecule has 0 saturated carbocycles. The Balaban J connectivity index is 2.55. The van der Waals surface area contributed by atoms with Crippen LogP contribution < -0.4 is 4.90 Å². The summed E-state index contributed by atoms with van der Waals surface area (Å²) in [4.78, 5) is 24.7. The molecule has 82 valence electrons. The molecule has 0 aliphatic carbocycles. The predicted octanol–water partition coefficient (Wildman–Crippen LogP) is 2.46. The van der Waals surface area contributed by atoms with Crippen LogP contribution in [0.3, 0.4) is 0 Å². The minimum Gasteiger partial charge on any atom is -0.269 e. The quantitative estimate of drug-likeness (QED) is 0.741. The van der Waals surface area contributed by atoms with Gasteiger partial charge in [-0.15, -0.1) is 0 Å². The molecule has 0 bridgehead atoms. The fourth-order valence-corrected chi connectivity index (χ4v) is 2.18. The lowest BCUT2D eigenvalue weighted by Gasteiger charge is -2.19. The Morgan fingerprint density at radius 1 is 1.12 bits per heavy atom. The van der Waals surface area contributed by atoms with Gasteiger partial charge in [0, 0.05) is 6.08 Å². The van der Waals surface area contributed by atoms with E-state index in [9.17, 15) is 9.59 Å². The summed E-state index contributed by atoms with van der Waals surface area (Å²) in [7, 11) is 0. The molecule has 2 amide bonds. The minimum absolute atomic E-state index is 0.297. The van der Waals surface area contributed by atoms with E-state index in [0.717, 1.165) is 11.1 Å². The van der Waals surface area contributed by atoms with Crippen LogP contribution in [0.4, 0.5) is 5.69 Å². The Morgan fingerprint density at radius 3 is 2.12 bits per heavy atom. The molecule has 16 heavy (non-hydrogen) atoms. The maximum Gasteiger partial charge on any atom is 0.272 e. The monoisotopic (exact) mass is 279 g/mol. The zero-order chi connectivity index (χ0) is 11.9. The topological polar surface area (TPSA) is 37.4 Å². The highest BCUT2D eigenvalue weighted by Crippen LogP contribution is 2.30. The van der Waals surface area contributed by atoms with E-state index < -0.39 is 0 Å². The first-order valence-electron chi connectivity index (χ1n) is 4.84. The lowest BCUT2D eigenvalue weighted by atomic mass is 10.1. The van der Waals surface area contributed by atoms with Crippen molar-refractivity contribution in [1.82, 2.24) is 0 Å². The van der Waals surface area contributed by atoms with Crippen molar-refractivity contribution in [2.24, 2.45) is 0 Å². The third kappa shape index (κ3) is 1.59. The number of carbonyl (C=O) groups is 2. The van der Waals surface area contributed by atoms with Crippen LogP contribution in [0.5, 0.6) is 0 Å². The minimum atomic E-state index is -0.303. The second-order valence-electron chi connectivity index (χ2n) is 3.71. The molecule has 1 aliphatic rings. The van der Waals surface area contributed by atoms with Gasteiger partial charge in [0.05, 0.1) is 10.2 Å². The van der Waals surface area contributed by atoms with Crippen molar-refractivity contribution in [1.29, 1.82) is 0 Å². The summed E-state index contributed by atoms with van der Waals surface area (Å²) < 4.78 is 0.306. The number of hydrogen-bond acceptors (Lipinski definition) is 2. The van der Waals surface area contributed by atoms with E-state index >= 15 is 0 Å². The van der Waals surface area contributed by atoms with Crippen LogP contribution in [0, 0.1) is 13.8 Å². The highest BCUT2D eigenvalue weighted by Gasteiger charge is 2.32. The highest BCUT2D eigenvalue weighted by atomic mass is 79.9. The standard InChI is InChI=1S/C12H10BrNO2/c1-7-4-3-5-8(2)11(7)14-10(15)6-9(13)12(14)16/h3-6H,1-2H3. The van der Waals surface area contributed by atoms with E-state index in [4.69, 9.17) is 0 Å². The van der Waals surface area contributed by atoms with Crippen LogP contribution in [0.15, 0.2) is 28.8 Å². The average Bonchev–Trinajstić information content (AvgIpc) is 2.44. The number of hydrogen-bond donors (Lipinski definition) is 0. The molecule has 4 heteroatoms. The SMILES string of the molecule is Cc1cccc(C)c1N1C(=O)C=C(Br)C1=O. The zero-order valence-corrected chi connectivity index (χ0v) is 10.5. The van der Waals surface area contributed by atoms with Crippen LogP contribution >= 0.6 is 15.9 Å². The van der Waals surface area contributed by atoms with Crippen molar-refractivity contribution in [3.63, 3.8) is 0 Å². The number of amides is 2. The second-order valence-corrected chi connectivity index (χ2v) is 4.57. The largest absolute Gasteiger partial charge is 0.272 e. The van der Waals surface area contributed by atoms with Gasteiger partial charge >= 0.3 is 0 Å². The molecule has 0 saturated heterocycles. The predicted molar refractivity (Wildman–Crippen MR) is 65.4 cm³/mol. The molecule has 1 aromatic carbocycles. The molecule has 1 heterocycles. The number of carbonyl (C=O) groups excluding carboxylic acids is 2. The third-order valence-electron chi connectivity index (χ3n) is 2.54. The van der Waals surface area contributed by atoms with Gasteiger partial charge in [0.2, 0.25) is 0 Å². The van der Waals surface area contributed by atoms with E-state index in [1.165, 1.54) is 11.0 Å². The van der Waals surface area contributed by atoms with Gasteiger partial charge in [-0.05, 0) is 40.9 Å². The van der Waals surface area contributed by atoms with Gasteiger partial charge in [-0.1, -0.05) is 18.2 Å². The number of anilines is 1. The molecule has 0 aromatic heterocycles. The number of nitrogens with zero attached hydrogens (tertiary/aromatic N) is 1. The third-order valence-corrected chi connectivity index (χ3v) is 3.11. The molecule has 0 radical (unpaired) electrons. The molecule has 1 aromatic rings. The molecule has 0 fully saturated rings. The highest BCUT2D eigenvalue weighted by molar-refractivity contribution is 9.12. The summed E-state index contributed by atoms with van der Waals surface area (Å²) in [5.41, 5.74) is 2.51. The first-order chi connectivity index (χ1) is 7.52. The van der Waals surface area contributed by atoms with Gasteiger partial charge < -0.3 is 0 Å². The van der Waals surface area contributed by atoms with Crippen molar-refractivity contribution in [2.45, 2.75) is 13.8 Å². The van der Waals surface area contributed by atoms with E-state index in [2.05, 4.69) is 15.9 Å². The number of imide groups is 1. The molecular weight excluding hydrogens is 270 g/mol. The summed E-state index contributed by atoms with van der Waals surface area (Å²) >= 11 is 3.08. The van der Waals surface area contributed by atoms with Crippen molar-refractivity contribution < 1.29 is 9.59 Å². The molecule has 2 rings (SSSR count). The van der Waals surface area contributed by atoms with Gasteiger partial charge in [-0.25, -0.2) is 4.90 Å². The first kappa shape index (κ1) is 11.1. The van der Waals surface area contributed by atoms with Gasteiger partial charge in [0.25, 0.3) is 11.8 Å². The molecule has 1 aliphatic heterocycles. The molecular formula is C12H10BrNO2. The molecule has 3 nitrogen and oxygen atoms in total. The van der Waals surface area contributed by atoms with E-state index in [1.807, 2.05) is 32.0 Å². The summed E-state index contributed by atoms with van der Waals surface area (Å²) in [5, 5.41) is 0. The summed E-state index contributed by atoms with van der Waals surface area (Å²) in [6.45, 7) is 3.77. The number of para-hydroxylation sites is 1.